The van der Waals surface area contributed by atoms with Crippen molar-refractivity contribution >= 4 is 21.8 Å². The fraction of sp³-hybridized carbons (Fsp3) is 0.632. The molecule has 4 saturated carbocycles. The first-order chi connectivity index (χ1) is 11.1. The van der Waals surface area contributed by atoms with E-state index in [4.69, 9.17) is 4.74 Å². The molecule has 0 spiro atoms. The highest BCUT2D eigenvalue weighted by atomic mass is 79.9. The van der Waals surface area contributed by atoms with Crippen LogP contribution in [0.15, 0.2) is 22.7 Å². The molecule has 1 amide bonds. The van der Waals surface area contributed by atoms with E-state index in [1.807, 2.05) is 25.1 Å². The average Bonchev–Trinajstić information content (AvgIpc) is 2.49. The largest absolute Gasteiger partial charge is 0.484 e. The molecular weight excluding hydrogens is 354 g/mol. The normalized spacial score (nSPS) is 34.4. The van der Waals surface area contributed by atoms with Crippen LogP contribution < -0.4 is 10.1 Å². The van der Waals surface area contributed by atoms with Crippen molar-refractivity contribution in [3.8, 4) is 5.75 Å². The van der Waals surface area contributed by atoms with Gasteiger partial charge in [-0.05, 0) is 86.5 Å². The molecule has 0 atom stereocenters. The molecule has 4 bridgehead atoms. The Morgan fingerprint density at radius 3 is 2.43 bits per heavy atom. The SMILES string of the molecule is Cc1cc(Br)ccc1OCC(=O)NC1C2CC3CC(C2)CC1C3. The lowest BCUT2D eigenvalue weighted by atomic mass is 9.54. The number of nitrogens with one attached hydrogen (secondary N) is 1. The molecule has 0 heterocycles. The minimum absolute atomic E-state index is 0.0322. The Kier molecular flexibility index (Phi) is 4.12. The van der Waals surface area contributed by atoms with Crippen molar-refractivity contribution in [1.29, 1.82) is 0 Å². The molecule has 1 aromatic rings. The van der Waals surface area contributed by atoms with Crippen molar-refractivity contribution in [3.63, 3.8) is 0 Å². The van der Waals surface area contributed by atoms with Crippen LogP contribution in [0, 0.1) is 30.6 Å². The van der Waals surface area contributed by atoms with Gasteiger partial charge >= 0.3 is 0 Å². The molecule has 0 aliphatic heterocycles. The van der Waals surface area contributed by atoms with Crippen molar-refractivity contribution in [1.82, 2.24) is 5.32 Å². The predicted molar refractivity (Wildman–Crippen MR) is 93.3 cm³/mol. The molecule has 1 aromatic carbocycles. The maximum Gasteiger partial charge on any atom is 0.258 e. The van der Waals surface area contributed by atoms with Crippen LogP contribution in [0.1, 0.15) is 37.7 Å². The number of carbonyl (C=O) groups excluding carboxylic acids is 1. The summed E-state index contributed by atoms with van der Waals surface area (Å²) in [6.07, 6.45) is 6.74. The number of amides is 1. The summed E-state index contributed by atoms with van der Waals surface area (Å²) in [7, 11) is 0. The highest BCUT2D eigenvalue weighted by Gasteiger charge is 2.48. The molecule has 0 unspecified atom stereocenters. The van der Waals surface area contributed by atoms with Crippen LogP contribution in [-0.2, 0) is 4.79 Å². The van der Waals surface area contributed by atoms with Gasteiger partial charge in [0.15, 0.2) is 6.61 Å². The Bertz CT molecular complexity index is 587. The Morgan fingerprint density at radius 1 is 1.17 bits per heavy atom. The molecule has 4 heteroatoms. The monoisotopic (exact) mass is 377 g/mol. The van der Waals surface area contributed by atoms with E-state index in [1.54, 1.807) is 0 Å². The van der Waals surface area contributed by atoms with Crippen LogP contribution in [0.3, 0.4) is 0 Å². The van der Waals surface area contributed by atoms with Gasteiger partial charge in [0.2, 0.25) is 0 Å². The summed E-state index contributed by atoms with van der Waals surface area (Å²) in [6, 6.07) is 6.25. The molecule has 0 saturated heterocycles. The fourth-order valence-corrected chi connectivity index (χ4v) is 5.78. The predicted octanol–water partition coefficient (Wildman–Crippen LogP) is 4.08. The summed E-state index contributed by atoms with van der Waals surface area (Å²) in [5.74, 6) is 4.12. The minimum atomic E-state index is 0.0322. The summed E-state index contributed by atoms with van der Waals surface area (Å²) >= 11 is 3.44. The molecule has 0 radical (unpaired) electrons. The van der Waals surface area contributed by atoms with Gasteiger partial charge < -0.3 is 10.1 Å². The second-order valence-corrected chi connectivity index (χ2v) is 8.64. The zero-order valence-corrected chi connectivity index (χ0v) is 15.1. The molecule has 1 N–H and O–H groups in total. The smallest absolute Gasteiger partial charge is 0.258 e. The van der Waals surface area contributed by atoms with Crippen LogP contribution in [0.25, 0.3) is 0 Å². The third kappa shape index (κ3) is 3.15. The lowest BCUT2D eigenvalue weighted by Gasteiger charge is -2.54. The average molecular weight is 378 g/mol. The van der Waals surface area contributed by atoms with E-state index >= 15 is 0 Å². The molecule has 5 rings (SSSR count). The molecule has 4 fully saturated rings. The second-order valence-electron chi connectivity index (χ2n) is 7.72. The Hall–Kier alpha value is -1.03. The number of halogens is 1. The van der Waals surface area contributed by atoms with Crippen molar-refractivity contribution in [3.05, 3.63) is 28.2 Å². The second kappa shape index (κ2) is 6.12. The lowest BCUT2D eigenvalue weighted by molar-refractivity contribution is -0.127. The van der Waals surface area contributed by atoms with E-state index in [-0.39, 0.29) is 12.5 Å². The quantitative estimate of drug-likeness (QED) is 0.858. The Labute approximate surface area is 146 Å². The number of aryl methyl sites for hydroxylation is 1. The van der Waals surface area contributed by atoms with Crippen LogP contribution in [-0.4, -0.2) is 18.6 Å². The molecule has 0 aromatic heterocycles. The number of hydrogen-bond donors (Lipinski definition) is 1. The van der Waals surface area contributed by atoms with Crippen LogP contribution in [0.4, 0.5) is 0 Å². The van der Waals surface area contributed by atoms with Gasteiger partial charge in [-0.2, -0.15) is 0 Å². The van der Waals surface area contributed by atoms with Gasteiger partial charge in [-0.3, -0.25) is 4.79 Å². The highest BCUT2D eigenvalue weighted by Crippen LogP contribution is 2.53. The van der Waals surface area contributed by atoms with Crippen molar-refractivity contribution in [2.24, 2.45) is 23.7 Å². The summed E-state index contributed by atoms with van der Waals surface area (Å²) in [4.78, 5) is 12.3. The van der Waals surface area contributed by atoms with Gasteiger partial charge in [0.1, 0.15) is 5.75 Å². The number of carbonyl (C=O) groups is 1. The zero-order chi connectivity index (χ0) is 16.0. The van der Waals surface area contributed by atoms with E-state index in [2.05, 4.69) is 21.2 Å². The Balaban J connectivity index is 1.33. The van der Waals surface area contributed by atoms with Gasteiger partial charge in [-0.15, -0.1) is 0 Å². The number of rotatable bonds is 4. The van der Waals surface area contributed by atoms with E-state index in [1.165, 1.54) is 32.1 Å². The third-order valence-corrected chi connectivity index (χ3v) is 6.54. The van der Waals surface area contributed by atoms with E-state index in [9.17, 15) is 4.79 Å². The van der Waals surface area contributed by atoms with E-state index < -0.39 is 0 Å². The maximum atomic E-state index is 12.3. The third-order valence-electron chi connectivity index (χ3n) is 6.05. The van der Waals surface area contributed by atoms with Crippen molar-refractivity contribution in [2.75, 3.05) is 6.61 Å². The number of benzene rings is 1. The summed E-state index contributed by atoms with van der Waals surface area (Å²) in [5, 5.41) is 3.29. The summed E-state index contributed by atoms with van der Waals surface area (Å²) < 4.78 is 6.74. The molecule has 4 aliphatic rings. The minimum Gasteiger partial charge on any atom is -0.484 e. The van der Waals surface area contributed by atoms with Gasteiger partial charge in [0.05, 0.1) is 0 Å². The molecule has 124 valence electrons. The van der Waals surface area contributed by atoms with Gasteiger partial charge in [-0.25, -0.2) is 0 Å². The van der Waals surface area contributed by atoms with Crippen LogP contribution in [0.5, 0.6) is 5.75 Å². The number of ether oxygens (including phenoxy) is 1. The lowest BCUT2D eigenvalue weighted by Crippen LogP contribution is -2.56. The van der Waals surface area contributed by atoms with E-state index in [0.29, 0.717) is 17.9 Å². The summed E-state index contributed by atoms with van der Waals surface area (Å²) in [6.45, 7) is 2.11. The maximum absolute atomic E-state index is 12.3. The number of hydrogen-bond acceptors (Lipinski definition) is 2. The first-order valence-corrected chi connectivity index (χ1v) is 9.56. The molecule has 23 heavy (non-hydrogen) atoms. The highest BCUT2D eigenvalue weighted by molar-refractivity contribution is 9.10. The van der Waals surface area contributed by atoms with Crippen molar-refractivity contribution in [2.45, 2.75) is 45.1 Å². The summed E-state index contributed by atoms with van der Waals surface area (Å²) in [5.41, 5.74) is 1.04. The van der Waals surface area contributed by atoms with Gasteiger partial charge in [0.25, 0.3) is 5.91 Å². The van der Waals surface area contributed by atoms with Crippen LogP contribution >= 0.6 is 15.9 Å². The van der Waals surface area contributed by atoms with Crippen molar-refractivity contribution < 1.29 is 9.53 Å². The first kappa shape index (κ1) is 15.5. The van der Waals surface area contributed by atoms with E-state index in [0.717, 1.165) is 27.6 Å². The first-order valence-electron chi connectivity index (χ1n) is 8.77. The van der Waals surface area contributed by atoms with Crippen LogP contribution in [0.2, 0.25) is 0 Å². The zero-order valence-electron chi connectivity index (χ0n) is 13.6. The molecule has 4 aliphatic carbocycles. The van der Waals surface area contributed by atoms with Gasteiger partial charge in [0, 0.05) is 10.5 Å². The fourth-order valence-electron chi connectivity index (χ4n) is 5.31. The molecule has 3 nitrogen and oxygen atoms in total. The molecular formula is C19H24BrNO2. The topological polar surface area (TPSA) is 38.3 Å². The van der Waals surface area contributed by atoms with Gasteiger partial charge in [-0.1, -0.05) is 15.9 Å². The standard InChI is InChI=1S/C19H24BrNO2/c1-11-4-16(20)2-3-17(11)23-10-18(22)21-19-14-6-12-5-13(8-14)9-15(19)7-12/h2-4,12-15,19H,5-10H2,1H3,(H,21,22). The Morgan fingerprint density at radius 2 is 1.83 bits per heavy atom.